The van der Waals surface area contributed by atoms with E-state index in [0.717, 1.165) is 0 Å². The van der Waals surface area contributed by atoms with E-state index in [1.807, 2.05) is 0 Å². The molecule has 0 radical (unpaired) electrons. The third-order valence-corrected chi connectivity index (χ3v) is 5.76. The molecule has 10 heteroatoms. The first kappa shape index (κ1) is 23.3. The van der Waals surface area contributed by atoms with Crippen LogP contribution in [0.1, 0.15) is 21.8 Å². The van der Waals surface area contributed by atoms with E-state index in [2.05, 4.69) is 15.6 Å². The van der Waals surface area contributed by atoms with Gasteiger partial charge in [0, 0.05) is 10.4 Å². The molecule has 8 nitrogen and oxygen atoms in total. The second-order valence-corrected chi connectivity index (χ2v) is 8.43. The lowest BCUT2D eigenvalue weighted by Gasteiger charge is -2.13. The van der Waals surface area contributed by atoms with Crippen LogP contribution in [0.15, 0.2) is 64.6 Å². The normalized spacial score (nSPS) is 10.6. The van der Waals surface area contributed by atoms with Crippen LogP contribution in [0.4, 0.5) is 10.8 Å². The zero-order valence-electron chi connectivity index (χ0n) is 18.3. The van der Waals surface area contributed by atoms with Gasteiger partial charge in [-0.15, -0.1) is 11.3 Å². The van der Waals surface area contributed by atoms with E-state index in [1.54, 1.807) is 67.9 Å². The zero-order valence-corrected chi connectivity index (χ0v) is 19.8. The van der Waals surface area contributed by atoms with Gasteiger partial charge in [0.1, 0.15) is 17.3 Å². The molecule has 4 rings (SSSR count). The number of nitrogens with zero attached hydrogens (tertiary/aromatic N) is 1. The summed E-state index contributed by atoms with van der Waals surface area (Å²) in [6.45, 7) is 1.70. The number of hydrogen-bond donors (Lipinski definition) is 2. The standard InChI is InChI=1S/C24H20ClN3O5S/c1-14-19(9-10-32-14)23(30)28-24-26-16(13-34-24)12-22(29)27-20-11-15(25)3-8-21(20)33-18-6-4-17(31-2)5-7-18/h3-11,13H,12H2,1-2H3,(H,27,29)(H,26,28,30). The van der Waals surface area contributed by atoms with Crippen molar-refractivity contribution in [3.63, 3.8) is 0 Å². The lowest BCUT2D eigenvalue weighted by atomic mass is 10.2. The Morgan fingerprint density at radius 1 is 1.09 bits per heavy atom. The molecule has 4 aromatic rings. The summed E-state index contributed by atoms with van der Waals surface area (Å²) < 4.78 is 16.2. The average Bonchev–Trinajstić information content (AvgIpc) is 3.44. The van der Waals surface area contributed by atoms with Gasteiger partial charge in [0.05, 0.1) is 36.7 Å². The van der Waals surface area contributed by atoms with Gasteiger partial charge in [-0.3, -0.25) is 14.9 Å². The van der Waals surface area contributed by atoms with Crippen molar-refractivity contribution in [1.29, 1.82) is 0 Å². The summed E-state index contributed by atoms with van der Waals surface area (Å²) in [7, 11) is 1.59. The highest BCUT2D eigenvalue weighted by Gasteiger charge is 2.16. The Bertz CT molecular complexity index is 1320. The van der Waals surface area contributed by atoms with Gasteiger partial charge in [-0.25, -0.2) is 4.98 Å². The van der Waals surface area contributed by atoms with Crippen LogP contribution >= 0.6 is 22.9 Å². The number of benzene rings is 2. The number of carbonyl (C=O) groups excluding carboxylic acids is 2. The molecule has 0 aliphatic heterocycles. The zero-order chi connectivity index (χ0) is 24.1. The van der Waals surface area contributed by atoms with Gasteiger partial charge >= 0.3 is 0 Å². The Balaban J connectivity index is 1.40. The third kappa shape index (κ3) is 5.75. The van der Waals surface area contributed by atoms with Crippen LogP contribution in [0.25, 0.3) is 0 Å². The van der Waals surface area contributed by atoms with Crippen molar-refractivity contribution in [1.82, 2.24) is 4.98 Å². The van der Waals surface area contributed by atoms with Crippen molar-refractivity contribution in [2.75, 3.05) is 17.7 Å². The van der Waals surface area contributed by atoms with Crippen LogP contribution in [0.5, 0.6) is 17.2 Å². The Morgan fingerprint density at radius 3 is 2.56 bits per heavy atom. The predicted molar refractivity (Wildman–Crippen MR) is 130 cm³/mol. The molecule has 0 spiro atoms. The van der Waals surface area contributed by atoms with Crippen LogP contribution < -0.4 is 20.1 Å². The van der Waals surface area contributed by atoms with Crippen molar-refractivity contribution in [2.45, 2.75) is 13.3 Å². The number of anilines is 2. The van der Waals surface area contributed by atoms with Gasteiger partial charge in [0.25, 0.3) is 5.91 Å². The maximum absolute atomic E-state index is 12.7. The van der Waals surface area contributed by atoms with E-state index in [4.69, 9.17) is 25.5 Å². The maximum atomic E-state index is 12.7. The van der Waals surface area contributed by atoms with E-state index in [1.165, 1.54) is 17.6 Å². The summed E-state index contributed by atoms with van der Waals surface area (Å²) in [5, 5.41) is 8.08. The molecule has 0 bridgehead atoms. The number of thiazole rings is 1. The second kappa shape index (κ2) is 10.4. The molecule has 0 fully saturated rings. The van der Waals surface area contributed by atoms with Gasteiger partial charge in [-0.1, -0.05) is 11.6 Å². The number of aryl methyl sites for hydroxylation is 1. The fraction of sp³-hybridized carbons (Fsp3) is 0.125. The smallest absolute Gasteiger partial charge is 0.260 e. The monoisotopic (exact) mass is 497 g/mol. The van der Waals surface area contributed by atoms with Crippen molar-refractivity contribution in [3.8, 4) is 17.2 Å². The number of carbonyl (C=O) groups is 2. The summed E-state index contributed by atoms with van der Waals surface area (Å²) in [5.74, 6) is 1.60. The number of furan rings is 1. The van der Waals surface area contributed by atoms with Gasteiger partial charge < -0.3 is 19.2 Å². The first-order chi connectivity index (χ1) is 16.4. The summed E-state index contributed by atoms with van der Waals surface area (Å²) in [6.07, 6.45) is 1.45. The average molecular weight is 498 g/mol. The number of hydrogen-bond acceptors (Lipinski definition) is 7. The summed E-state index contributed by atoms with van der Waals surface area (Å²) in [5.41, 5.74) is 1.37. The molecule has 174 valence electrons. The fourth-order valence-electron chi connectivity index (χ4n) is 3.05. The molecule has 0 atom stereocenters. The molecule has 2 N–H and O–H groups in total. The summed E-state index contributed by atoms with van der Waals surface area (Å²) in [6, 6.07) is 13.6. The first-order valence-corrected chi connectivity index (χ1v) is 11.4. The van der Waals surface area contributed by atoms with Crippen LogP contribution in [-0.4, -0.2) is 23.9 Å². The Kier molecular flexibility index (Phi) is 7.15. The SMILES string of the molecule is COc1ccc(Oc2ccc(Cl)cc2NC(=O)Cc2csc(NC(=O)c3ccoc3C)n2)cc1. The Labute approximate surface area is 204 Å². The number of halogens is 1. The molecule has 34 heavy (non-hydrogen) atoms. The van der Waals surface area contributed by atoms with Crippen molar-refractivity contribution in [2.24, 2.45) is 0 Å². The van der Waals surface area contributed by atoms with E-state index in [0.29, 0.717) is 50.1 Å². The van der Waals surface area contributed by atoms with E-state index >= 15 is 0 Å². The lowest BCUT2D eigenvalue weighted by molar-refractivity contribution is -0.115. The minimum atomic E-state index is -0.323. The Hall–Kier alpha value is -3.82. The first-order valence-electron chi connectivity index (χ1n) is 10.1. The van der Waals surface area contributed by atoms with E-state index < -0.39 is 0 Å². The molecule has 2 aromatic heterocycles. The van der Waals surface area contributed by atoms with Gasteiger partial charge in [-0.05, 0) is 55.5 Å². The van der Waals surface area contributed by atoms with Crippen LogP contribution in [0.2, 0.25) is 5.02 Å². The van der Waals surface area contributed by atoms with E-state index in [-0.39, 0.29) is 18.2 Å². The highest BCUT2D eigenvalue weighted by atomic mass is 35.5. The third-order valence-electron chi connectivity index (χ3n) is 4.72. The molecule has 0 unspecified atom stereocenters. The van der Waals surface area contributed by atoms with Crippen LogP contribution in [-0.2, 0) is 11.2 Å². The van der Waals surface area contributed by atoms with Gasteiger partial charge in [0.15, 0.2) is 10.9 Å². The number of rotatable bonds is 8. The number of methoxy groups -OCH3 is 1. The van der Waals surface area contributed by atoms with E-state index in [9.17, 15) is 9.59 Å². The number of nitrogens with one attached hydrogen (secondary N) is 2. The minimum Gasteiger partial charge on any atom is -0.497 e. The lowest BCUT2D eigenvalue weighted by Crippen LogP contribution is -2.15. The van der Waals surface area contributed by atoms with Crippen LogP contribution in [0, 0.1) is 6.92 Å². The maximum Gasteiger partial charge on any atom is 0.260 e. The molecule has 0 saturated heterocycles. The Morgan fingerprint density at radius 2 is 1.85 bits per heavy atom. The quantitative estimate of drug-likeness (QED) is 0.312. The minimum absolute atomic E-state index is 0.00555. The molecule has 2 amide bonds. The number of amides is 2. The van der Waals surface area contributed by atoms with Crippen LogP contribution in [0.3, 0.4) is 0 Å². The van der Waals surface area contributed by atoms with Crippen molar-refractivity contribution in [3.05, 3.63) is 82.2 Å². The molecule has 2 heterocycles. The highest BCUT2D eigenvalue weighted by Crippen LogP contribution is 2.33. The fourth-order valence-corrected chi connectivity index (χ4v) is 3.93. The van der Waals surface area contributed by atoms with Gasteiger partial charge in [0.2, 0.25) is 5.91 Å². The molecule has 0 aliphatic rings. The molecule has 0 saturated carbocycles. The number of ether oxygens (including phenoxy) is 2. The molecule has 0 aliphatic carbocycles. The largest absolute Gasteiger partial charge is 0.497 e. The topological polar surface area (TPSA) is 103 Å². The molecular weight excluding hydrogens is 478 g/mol. The summed E-state index contributed by atoms with van der Waals surface area (Å²) in [4.78, 5) is 29.3. The van der Waals surface area contributed by atoms with Gasteiger partial charge in [-0.2, -0.15) is 0 Å². The molecular formula is C24H20ClN3O5S. The highest BCUT2D eigenvalue weighted by molar-refractivity contribution is 7.14. The predicted octanol–water partition coefficient (Wildman–Crippen LogP) is 5.93. The van der Waals surface area contributed by atoms with Crippen molar-refractivity contribution >= 4 is 45.6 Å². The molecule has 2 aromatic carbocycles. The van der Waals surface area contributed by atoms with Crippen molar-refractivity contribution < 1.29 is 23.5 Å². The second-order valence-electron chi connectivity index (χ2n) is 7.13. The number of aromatic nitrogens is 1. The summed E-state index contributed by atoms with van der Waals surface area (Å²) >= 11 is 7.36.